The number of nitrogens with one attached hydrogen (secondary N) is 1. The van der Waals surface area contributed by atoms with Crippen molar-refractivity contribution in [3.05, 3.63) is 18.0 Å². The highest BCUT2D eigenvalue weighted by Gasteiger charge is 2.38. The molecule has 130 valence electrons. The standard InChI is InChI=1S/C15H26N4O3S/c1-6-18-8-11(2)19(12(3)9-18)23(21,22)13-7-14(15(20)16-4)17(5)10-13/h7,10-12H,6,8-9H2,1-5H3,(H,16,20)/t11-,12+. The zero-order valence-corrected chi connectivity index (χ0v) is 15.2. The molecule has 1 N–H and O–H groups in total. The summed E-state index contributed by atoms with van der Waals surface area (Å²) in [5.74, 6) is -0.300. The SMILES string of the molecule is CCN1C[C@@H](C)N(S(=O)(=O)c2cc(C(=O)NC)n(C)c2)[C@@H](C)C1. The fourth-order valence-corrected chi connectivity index (χ4v) is 5.18. The highest BCUT2D eigenvalue weighted by atomic mass is 32.2. The van der Waals surface area contributed by atoms with E-state index in [9.17, 15) is 13.2 Å². The van der Waals surface area contributed by atoms with Crippen LogP contribution in [0.3, 0.4) is 0 Å². The number of carbonyl (C=O) groups excluding carboxylic acids is 1. The summed E-state index contributed by atoms with van der Waals surface area (Å²) >= 11 is 0. The number of hydrogen-bond donors (Lipinski definition) is 1. The van der Waals surface area contributed by atoms with E-state index in [-0.39, 0.29) is 22.9 Å². The van der Waals surface area contributed by atoms with Gasteiger partial charge in [-0.05, 0) is 26.5 Å². The Morgan fingerprint density at radius 3 is 2.35 bits per heavy atom. The molecule has 0 spiro atoms. The quantitative estimate of drug-likeness (QED) is 0.864. The third kappa shape index (κ3) is 3.29. The van der Waals surface area contributed by atoms with Crippen LogP contribution in [0.15, 0.2) is 17.2 Å². The van der Waals surface area contributed by atoms with Crippen molar-refractivity contribution in [3.63, 3.8) is 0 Å². The number of aromatic nitrogens is 1. The molecule has 8 heteroatoms. The lowest BCUT2D eigenvalue weighted by Gasteiger charge is -2.42. The van der Waals surface area contributed by atoms with Gasteiger partial charge in [0, 0.05) is 45.5 Å². The maximum absolute atomic E-state index is 13.0. The van der Waals surface area contributed by atoms with E-state index < -0.39 is 10.0 Å². The van der Waals surface area contributed by atoms with Crippen LogP contribution in [0.2, 0.25) is 0 Å². The van der Waals surface area contributed by atoms with Crippen molar-refractivity contribution in [1.82, 2.24) is 19.1 Å². The first-order valence-electron chi connectivity index (χ1n) is 7.86. The molecule has 1 aromatic heterocycles. The van der Waals surface area contributed by atoms with Gasteiger partial charge in [-0.25, -0.2) is 8.42 Å². The van der Waals surface area contributed by atoms with E-state index in [4.69, 9.17) is 0 Å². The highest BCUT2D eigenvalue weighted by molar-refractivity contribution is 7.89. The molecule has 0 saturated carbocycles. The number of amides is 1. The topological polar surface area (TPSA) is 74.7 Å². The van der Waals surface area contributed by atoms with Crippen molar-refractivity contribution in [3.8, 4) is 0 Å². The molecule has 2 atom stereocenters. The van der Waals surface area contributed by atoms with Gasteiger partial charge >= 0.3 is 0 Å². The van der Waals surface area contributed by atoms with Crippen LogP contribution in [0.1, 0.15) is 31.3 Å². The summed E-state index contributed by atoms with van der Waals surface area (Å²) in [5, 5.41) is 2.52. The van der Waals surface area contributed by atoms with Gasteiger partial charge in [0.25, 0.3) is 5.91 Å². The zero-order chi connectivity index (χ0) is 17.4. The second-order valence-electron chi connectivity index (χ2n) is 6.14. The van der Waals surface area contributed by atoms with E-state index in [1.54, 1.807) is 15.9 Å². The normalized spacial score (nSPS) is 23.9. The average Bonchev–Trinajstić information content (AvgIpc) is 2.88. The van der Waals surface area contributed by atoms with Crippen molar-refractivity contribution >= 4 is 15.9 Å². The molecule has 1 fully saturated rings. The van der Waals surface area contributed by atoms with Crippen LogP contribution in [0.4, 0.5) is 0 Å². The molecule has 0 aliphatic carbocycles. The van der Waals surface area contributed by atoms with Gasteiger partial charge in [0.05, 0.1) is 0 Å². The molecule has 0 aromatic carbocycles. The van der Waals surface area contributed by atoms with Crippen molar-refractivity contribution < 1.29 is 13.2 Å². The van der Waals surface area contributed by atoms with Gasteiger partial charge < -0.3 is 14.8 Å². The Kier molecular flexibility index (Phi) is 5.17. The Hall–Kier alpha value is -1.38. The molecule has 23 heavy (non-hydrogen) atoms. The minimum absolute atomic E-state index is 0.104. The number of hydrogen-bond acceptors (Lipinski definition) is 4. The molecular formula is C15H26N4O3S. The number of rotatable bonds is 4. The van der Waals surface area contributed by atoms with Gasteiger partial charge in [0.2, 0.25) is 10.0 Å². The van der Waals surface area contributed by atoms with Gasteiger partial charge in [0.15, 0.2) is 0 Å². The predicted octanol–water partition coefficient (Wildman–Crippen LogP) is 0.488. The van der Waals surface area contributed by atoms with Crippen LogP contribution in [0.25, 0.3) is 0 Å². The van der Waals surface area contributed by atoms with Crippen molar-refractivity contribution in [2.24, 2.45) is 7.05 Å². The molecular weight excluding hydrogens is 316 g/mol. The Balaban J connectivity index is 2.37. The first-order chi connectivity index (χ1) is 10.7. The van der Waals surface area contributed by atoms with Crippen LogP contribution in [-0.4, -0.2) is 66.9 Å². The molecule has 0 unspecified atom stereocenters. The van der Waals surface area contributed by atoms with Gasteiger partial charge in [-0.15, -0.1) is 0 Å². The first-order valence-corrected chi connectivity index (χ1v) is 9.30. The molecule has 7 nitrogen and oxygen atoms in total. The second-order valence-corrected chi connectivity index (χ2v) is 7.98. The zero-order valence-electron chi connectivity index (χ0n) is 14.4. The molecule has 1 saturated heterocycles. The fourth-order valence-electron chi connectivity index (χ4n) is 3.30. The monoisotopic (exact) mass is 342 g/mol. The molecule has 1 amide bonds. The Bertz CT molecular complexity index is 671. The second kappa shape index (κ2) is 6.62. The molecule has 1 aliphatic rings. The number of aryl methyl sites for hydroxylation is 1. The van der Waals surface area contributed by atoms with Crippen molar-refractivity contribution in [2.75, 3.05) is 26.7 Å². The predicted molar refractivity (Wildman–Crippen MR) is 88.9 cm³/mol. The third-order valence-electron chi connectivity index (χ3n) is 4.38. The van der Waals surface area contributed by atoms with Crippen LogP contribution in [0, 0.1) is 0 Å². The lowest BCUT2D eigenvalue weighted by atomic mass is 10.1. The molecule has 2 rings (SSSR count). The fraction of sp³-hybridized carbons (Fsp3) is 0.667. The van der Waals surface area contributed by atoms with E-state index >= 15 is 0 Å². The van der Waals surface area contributed by atoms with Crippen LogP contribution >= 0.6 is 0 Å². The summed E-state index contributed by atoms with van der Waals surface area (Å²) in [6.45, 7) is 8.28. The lowest BCUT2D eigenvalue weighted by Crippen LogP contribution is -2.58. The minimum Gasteiger partial charge on any atom is -0.354 e. The Labute approximate surface area is 138 Å². The highest BCUT2D eigenvalue weighted by Crippen LogP contribution is 2.26. The summed E-state index contributed by atoms with van der Waals surface area (Å²) in [4.78, 5) is 14.2. The minimum atomic E-state index is -3.63. The lowest BCUT2D eigenvalue weighted by molar-refractivity contribution is 0.0955. The summed E-state index contributed by atoms with van der Waals surface area (Å²) in [5.41, 5.74) is 0.332. The number of nitrogens with zero attached hydrogens (tertiary/aromatic N) is 3. The van der Waals surface area contributed by atoms with E-state index in [0.717, 1.165) is 19.6 Å². The molecule has 0 radical (unpaired) electrons. The number of carbonyl (C=O) groups is 1. The third-order valence-corrected chi connectivity index (χ3v) is 6.47. The molecule has 1 aliphatic heterocycles. The largest absolute Gasteiger partial charge is 0.354 e. The number of piperazine rings is 1. The summed E-state index contributed by atoms with van der Waals surface area (Å²) in [6, 6.07) is 1.24. The van der Waals surface area contributed by atoms with E-state index in [0.29, 0.717) is 5.69 Å². The molecule has 0 bridgehead atoms. The first kappa shape index (κ1) is 18.0. The Morgan fingerprint density at radius 1 is 1.30 bits per heavy atom. The molecule has 1 aromatic rings. The maximum Gasteiger partial charge on any atom is 0.267 e. The number of likely N-dealkylation sites (N-methyl/N-ethyl adjacent to an activating group) is 1. The van der Waals surface area contributed by atoms with Gasteiger partial charge in [-0.2, -0.15) is 4.31 Å². The van der Waals surface area contributed by atoms with Crippen molar-refractivity contribution in [1.29, 1.82) is 0 Å². The number of sulfonamides is 1. The Morgan fingerprint density at radius 2 is 1.87 bits per heavy atom. The van der Waals surface area contributed by atoms with E-state index in [1.807, 2.05) is 13.8 Å². The van der Waals surface area contributed by atoms with Crippen LogP contribution in [0.5, 0.6) is 0 Å². The molecule has 2 heterocycles. The average molecular weight is 342 g/mol. The van der Waals surface area contributed by atoms with Crippen LogP contribution in [-0.2, 0) is 17.1 Å². The van der Waals surface area contributed by atoms with Crippen LogP contribution < -0.4 is 5.32 Å². The summed E-state index contributed by atoms with van der Waals surface area (Å²) in [6.07, 6.45) is 1.51. The maximum atomic E-state index is 13.0. The van der Waals surface area contributed by atoms with E-state index in [2.05, 4.69) is 17.1 Å². The van der Waals surface area contributed by atoms with Gasteiger partial charge in [0.1, 0.15) is 10.6 Å². The summed E-state index contributed by atoms with van der Waals surface area (Å²) < 4.78 is 29.2. The van der Waals surface area contributed by atoms with Gasteiger partial charge in [-0.3, -0.25) is 4.79 Å². The van der Waals surface area contributed by atoms with Crippen molar-refractivity contribution in [2.45, 2.75) is 37.8 Å². The summed E-state index contributed by atoms with van der Waals surface area (Å²) in [7, 11) is -0.432. The smallest absolute Gasteiger partial charge is 0.267 e. The van der Waals surface area contributed by atoms with E-state index in [1.165, 1.54) is 19.3 Å². The van der Waals surface area contributed by atoms with Gasteiger partial charge in [-0.1, -0.05) is 6.92 Å².